The summed E-state index contributed by atoms with van der Waals surface area (Å²) in [5, 5.41) is 0. The molecule has 258 valence electrons. The van der Waals surface area contributed by atoms with Gasteiger partial charge >= 0.3 is 0 Å². The van der Waals surface area contributed by atoms with Gasteiger partial charge in [0.15, 0.2) is 0 Å². The Bertz CT molecular complexity index is 2450. The Morgan fingerprint density at radius 3 is 1.28 bits per heavy atom. The third-order valence-corrected chi connectivity index (χ3v) is 14.4. The Morgan fingerprint density at radius 1 is 0.370 bits per heavy atom. The highest BCUT2D eigenvalue weighted by Crippen LogP contribution is 2.81. The van der Waals surface area contributed by atoms with Crippen LogP contribution >= 0.6 is 10.0 Å². The molecule has 9 rings (SSSR count). The highest BCUT2D eigenvalue weighted by atomic mass is 32.3. The van der Waals surface area contributed by atoms with E-state index in [4.69, 9.17) is 0 Å². The van der Waals surface area contributed by atoms with Crippen molar-refractivity contribution in [2.75, 3.05) is 4.90 Å². The fraction of sp³-hybridized carbons (Fsp3) is 0. The van der Waals surface area contributed by atoms with Crippen molar-refractivity contribution < 1.29 is 0 Å². The molecule has 1 heterocycles. The minimum Gasteiger partial charge on any atom is -0.310 e. The van der Waals surface area contributed by atoms with Gasteiger partial charge in [-0.25, -0.2) is 0 Å². The first kappa shape index (κ1) is 33.2. The van der Waals surface area contributed by atoms with Crippen LogP contribution in [-0.2, 0) is 0 Å². The zero-order valence-electron chi connectivity index (χ0n) is 30.0. The van der Waals surface area contributed by atoms with Crippen molar-refractivity contribution in [1.82, 2.24) is 0 Å². The summed E-state index contributed by atoms with van der Waals surface area (Å²) in [5.74, 6) is 0. The van der Waals surface area contributed by atoms with Gasteiger partial charge in [-0.1, -0.05) is 159 Å². The zero-order valence-corrected chi connectivity index (χ0v) is 30.8. The van der Waals surface area contributed by atoms with E-state index in [0.717, 1.165) is 28.2 Å². The summed E-state index contributed by atoms with van der Waals surface area (Å²) in [7, 11) is -1.89. The minimum atomic E-state index is -1.89. The van der Waals surface area contributed by atoms with E-state index in [1.54, 1.807) is 0 Å². The molecule has 0 N–H and O–H groups in total. The largest absolute Gasteiger partial charge is 0.310 e. The van der Waals surface area contributed by atoms with Gasteiger partial charge in [0, 0.05) is 36.5 Å². The first-order valence-corrected chi connectivity index (χ1v) is 19.9. The van der Waals surface area contributed by atoms with Gasteiger partial charge in [0.1, 0.15) is 0 Å². The van der Waals surface area contributed by atoms with E-state index in [1.807, 2.05) is 12.2 Å². The molecule has 0 radical (unpaired) electrons. The van der Waals surface area contributed by atoms with Gasteiger partial charge in [-0.05, 0) is 106 Å². The van der Waals surface area contributed by atoms with Crippen LogP contribution in [0.4, 0.5) is 17.1 Å². The van der Waals surface area contributed by atoms with Crippen LogP contribution in [-0.4, -0.2) is 0 Å². The Kier molecular flexibility index (Phi) is 8.67. The van der Waals surface area contributed by atoms with E-state index < -0.39 is 10.0 Å². The number of benzene rings is 8. The molecule has 0 fully saturated rings. The summed E-state index contributed by atoms with van der Waals surface area (Å²) >= 11 is 0. The lowest BCUT2D eigenvalue weighted by molar-refractivity contribution is 1.25. The predicted molar refractivity (Wildman–Crippen MR) is 231 cm³/mol. The van der Waals surface area contributed by atoms with E-state index >= 15 is 0 Å². The number of fused-ring (bicyclic) bond motifs is 3. The highest BCUT2D eigenvalue weighted by molar-refractivity contribution is 8.34. The Balaban J connectivity index is 1.30. The van der Waals surface area contributed by atoms with Crippen LogP contribution in [0.25, 0.3) is 45.5 Å². The second kappa shape index (κ2) is 14.1. The lowest BCUT2D eigenvalue weighted by atomic mass is 10.0. The molecule has 0 aromatic heterocycles. The van der Waals surface area contributed by atoms with Crippen molar-refractivity contribution in [2.24, 2.45) is 0 Å². The number of rotatable bonds is 9. The SMILES string of the molecule is C=Cc1ccc(S2(c3ccc(C=C)cc3)c3ccccc3-c3c(N(c4ccc(-c5ccccc5)cc4)c4ccc(-c5ccccc5)cc4)cccc32)cc1. The van der Waals surface area contributed by atoms with Gasteiger partial charge < -0.3 is 4.90 Å². The maximum atomic E-state index is 4.05. The normalized spacial score (nSPS) is 13.0. The Hall–Kier alpha value is -6.61. The molecule has 8 aromatic rings. The standard InChI is InChI=1S/C52H39NS/c1-3-38-22-34-46(35-23-38)54(47-36-24-39(4-2)25-37-47)50-20-12-11-18-48(50)52-49(19-13-21-51(52)54)53(44-30-26-42(27-31-44)40-14-7-5-8-15-40)45-32-28-43(29-33-45)41-16-9-6-10-17-41/h3-37H,1-2H2. The highest BCUT2D eigenvalue weighted by Gasteiger charge is 2.43. The minimum absolute atomic E-state index is 1.10. The van der Waals surface area contributed by atoms with Gasteiger partial charge in [-0.2, -0.15) is 0 Å². The lowest BCUT2D eigenvalue weighted by Crippen LogP contribution is -2.11. The molecule has 0 saturated heterocycles. The summed E-state index contributed by atoms with van der Waals surface area (Å²) in [4.78, 5) is 7.73. The van der Waals surface area contributed by atoms with Crippen molar-refractivity contribution in [2.45, 2.75) is 19.6 Å². The molecule has 0 aliphatic carbocycles. The van der Waals surface area contributed by atoms with Crippen LogP contribution in [0.3, 0.4) is 0 Å². The molecule has 0 amide bonds. The number of hydrogen-bond donors (Lipinski definition) is 0. The van der Waals surface area contributed by atoms with Crippen molar-refractivity contribution in [3.05, 3.63) is 224 Å². The first-order valence-electron chi connectivity index (χ1n) is 18.3. The molecule has 1 aliphatic heterocycles. The van der Waals surface area contributed by atoms with Gasteiger partial charge in [0.05, 0.1) is 5.69 Å². The molecule has 0 atom stereocenters. The maximum Gasteiger partial charge on any atom is 0.0551 e. The van der Waals surface area contributed by atoms with E-state index in [9.17, 15) is 0 Å². The average molecular weight is 710 g/mol. The predicted octanol–water partition coefficient (Wildman–Crippen LogP) is 15.1. The summed E-state index contributed by atoms with van der Waals surface area (Å²) in [6.07, 6.45) is 3.84. The van der Waals surface area contributed by atoms with Crippen molar-refractivity contribution >= 4 is 39.2 Å². The second-order valence-corrected chi connectivity index (χ2v) is 16.5. The number of nitrogens with zero attached hydrogens (tertiary/aromatic N) is 1. The molecule has 8 aromatic carbocycles. The maximum absolute atomic E-state index is 4.05. The molecule has 0 saturated carbocycles. The third-order valence-electron chi connectivity index (χ3n) is 10.5. The molecule has 0 bridgehead atoms. The zero-order chi connectivity index (χ0) is 36.5. The smallest absolute Gasteiger partial charge is 0.0551 e. The molecule has 54 heavy (non-hydrogen) atoms. The third kappa shape index (κ3) is 5.60. The van der Waals surface area contributed by atoms with Crippen molar-refractivity contribution in [3.8, 4) is 33.4 Å². The monoisotopic (exact) mass is 709 g/mol. The fourth-order valence-corrected chi connectivity index (χ4v) is 12.0. The van der Waals surface area contributed by atoms with E-state index in [1.165, 1.54) is 53.0 Å². The topological polar surface area (TPSA) is 3.24 Å². The Morgan fingerprint density at radius 2 is 0.796 bits per heavy atom. The molecule has 1 aliphatic rings. The Labute approximate surface area is 320 Å². The number of anilines is 3. The molecular formula is C52H39NS. The summed E-state index contributed by atoms with van der Waals surface area (Å²) in [6.45, 7) is 8.10. The van der Waals surface area contributed by atoms with Crippen LogP contribution in [0.2, 0.25) is 0 Å². The summed E-state index contributed by atoms with van der Waals surface area (Å²) in [6, 6.07) is 73.2. The van der Waals surface area contributed by atoms with Crippen LogP contribution in [0.15, 0.2) is 233 Å². The quantitative estimate of drug-likeness (QED) is 0.144. The van der Waals surface area contributed by atoms with E-state index in [0.29, 0.717) is 0 Å². The van der Waals surface area contributed by atoms with Crippen LogP contribution in [0, 0.1) is 0 Å². The molecule has 0 spiro atoms. The van der Waals surface area contributed by atoms with Gasteiger partial charge in [-0.3, -0.25) is 0 Å². The lowest BCUT2D eigenvalue weighted by Gasteiger charge is -2.39. The van der Waals surface area contributed by atoms with Crippen LogP contribution in [0.1, 0.15) is 11.1 Å². The molecule has 1 nitrogen and oxygen atoms in total. The second-order valence-electron chi connectivity index (χ2n) is 13.5. The van der Waals surface area contributed by atoms with Crippen LogP contribution < -0.4 is 4.90 Å². The van der Waals surface area contributed by atoms with Crippen molar-refractivity contribution in [1.29, 1.82) is 0 Å². The molecule has 2 heteroatoms. The van der Waals surface area contributed by atoms with Crippen LogP contribution in [0.5, 0.6) is 0 Å². The molecular weight excluding hydrogens is 671 g/mol. The fourth-order valence-electron chi connectivity index (χ4n) is 7.84. The van der Waals surface area contributed by atoms with Gasteiger partial charge in [-0.15, -0.1) is 10.0 Å². The number of hydrogen-bond acceptors (Lipinski definition) is 1. The molecule has 0 unspecified atom stereocenters. The summed E-state index contributed by atoms with van der Waals surface area (Å²) < 4.78 is 0. The van der Waals surface area contributed by atoms with Crippen molar-refractivity contribution in [3.63, 3.8) is 0 Å². The first-order chi connectivity index (χ1) is 26.7. The van der Waals surface area contributed by atoms with E-state index in [-0.39, 0.29) is 0 Å². The summed E-state index contributed by atoms with van der Waals surface area (Å²) in [5.41, 5.74) is 12.9. The van der Waals surface area contributed by atoms with Gasteiger partial charge in [0.25, 0.3) is 0 Å². The van der Waals surface area contributed by atoms with E-state index in [2.05, 4.69) is 218 Å². The van der Waals surface area contributed by atoms with Gasteiger partial charge in [0.2, 0.25) is 0 Å². The average Bonchev–Trinajstić information content (AvgIpc) is 3.56.